The molecule has 2 aliphatic rings. The molecule has 2 bridgehead atoms. The van der Waals surface area contributed by atoms with Gasteiger partial charge in [0.25, 0.3) is 0 Å². The van der Waals surface area contributed by atoms with Gasteiger partial charge < -0.3 is 19.8 Å². The van der Waals surface area contributed by atoms with Gasteiger partial charge in [0.2, 0.25) is 0 Å². The lowest BCUT2D eigenvalue weighted by molar-refractivity contribution is 0.0303. The summed E-state index contributed by atoms with van der Waals surface area (Å²) in [6.07, 6.45) is 3.32. The van der Waals surface area contributed by atoms with Crippen LogP contribution in [-0.2, 0) is 11.3 Å². The van der Waals surface area contributed by atoms with E-state index in [-0.39, 0.29) is 18.8 Å². The molecule has 168 valence electrons. The first kappa shape index (κ1) is 20.7. The Morgan fingerprint density at radius 1 is 1.19 bits per heavy atom. The highest BCUT2D eigenvalue weighted by Gasteiger charge is 2.35. The van der Waals surface area contributed by atoms with Crippen LogP contribution in [-0.4, -0.2) is 74.5 Å². The number of fused-ring (bicyclic) bond motifs is 3. The predicted octanol–water partition coefficient (Wildman–Crippen LogP) is 2.36. The van der Waals surface area contributed by atoms with E-state index in [1.165, 1.54) is 4.90 Å². The van der Waals surface area contributed by atoms with E-state index in [2.05, 4.69) is 10.00 Å². The number of carboxylic acid groups (broad SMARTS) is 1. The summed E-state index contributed by atoms with van der Waals surface area (Å²) in [6.45, 7) is 4.01. The number of anilines is 2. The molecular weight excluding hydrogens is 412 g/mol. The number of rotatable bonds is 6. The molecule has 32 heavy (non-hydrogen) atoms. The number of carbonyl (C=O) groups is 1. The molecule has 0 aliphatic carbocycles. The maximum Gasteiger partial charge on any atom is 0.411 e. The van der Waals surface area contributed by atoms with E-state index < -0.39 is 6.09 Å². The van der Waals surface area contributed by atoms with Gasteiger partial charge in [0.1, 0.15) is 5.82 Å². The number of aliphatic hydroxyl groups excluding tert-OH is 1. The molecule has 1 aromatic carbocycles. The van der Waals surface area contributed by atoms with E-state index in [0.717, 1.165) is 42.7 Å². The lowest BCUT2D eigenvalue weighted by Crippen LogP contribution is -2.43. The minimum absolute atomic E-state index is 0.0378. The van der Waals surface area contributed by atoms with Crippen molar-refractivity contribution in [2.24, 2.45) is 0 Å². The molecule has 0 radical (unpaired) electrons. The van der Waals surface area contributed by atoms with Crippen LogP contribution in [0.25, 0.3) is 22.4 Å². The van der Waals surface area contributed by atoms with E-state index in [1.54, 1.807) is 29.9 Å². The zero-order chi connectivity index (χ0) is 22.2. The average molecular weight is 438 g/mol. The van der Waals surface area contributed by atoms with Gasteiger partial charge in [-0.05, 0) is 44.0 Å². The molecule has 10 heteroatoms. The molecule has 2 unspecified atom stereocenters. The van der Waals surface area contributed by atoms with Crippen LogP contribution in [0.5, 0.6) is 0 Å². The molecule has 2 saturated heterocycles. The summed E-state index contributed by atoms with van der Waals surface area (Å²) < 4.78 is 7.68. The number of aromatic nitrogens is 4. The topological polar surface area (TPSA) is 117 Å². The highest BCUT2D eigenvalue weighted by Crippen LogP contribution is 2.34. The fraction of sp³-hybridized carbons (Fsp3) is 0.455. The van der Waals surface area contributed by atoms with Gasteiger partial charge in [-0.15, -0.1) is 0 Å². The van der Waals surface area contributed by atoms with Crippen LogP contribution in [0.3, 0.4) is 0 Å². The van der Waals surface area contributed by atoms with Crippen molar-refractivity contribution in [2.75, 3.05) is 36.0 Å². The summed E-state index contributed by atoms with van der Waals surface area (Å²) in [7, 11) is 0. The highest BCUT2D eigenvalue weighted by atomic mass is 16.5. The van der Waals surface area contributed by atoms with Crippen LogP contribution in [0.2, 0.25) is 0 Å². The third kappa shape index (κ3) is 3.65. The molecule has 0 saturated carbocycles. The lowest BCUT2D eigenvalue weighted by atomic mass is 10.1. The molecule has 0 spiro atoms. The normalized spacial score (nSPS) is 20.1. The Bertz CT molecular complexity index is 1120. The Hall–Kier alpha value is -3.24. The first-order valence-electron chi connectivity index (χ1n) is 10.9. The molecule has 2 N–H and O–H groups in total. The summed E-state index contributed by atoms with van der Waals surface area (Å²) in [5.41, 5.74) is 2.05. The number of hydrogen-bond acceptors (Lipinski definition) is 7. The van der Waals surface area contributed by atoms with Crippen LogP contribution in [0.4, 0.5) is 16.3 Å². The smallest absolute Gasteiger partial charge is 0.411 e. The van der Waals surface area contributed by atoms with Crippen molar-refractivity contribution in [3.8, 4) is 11.4 Å². The Morgan fingerprint density at radius 3 is 2.53 bits per heavy atom. The van der Waals surface area contributed by atoms with Gasteiger partial charge in [0.15, 0.2) is 11.5 Å². The second-order valence-electron chi connectivity index (χ2n) is 8.14. The third-order valence-electron chi connectivity index (χ3n) is 6.12. The van der Waals surface area contributed by atoms with Crippen molar-refractivity contribution in [3.63, 3.8) is 0 Å². The molecule has 3 aromatic rings. The second kappa shape index (κ2) is 8.36. The standard InChI is InChI=1S/C22H26N6O4/c1-2-27(22(30)31)15-5-3-14(4-6-15)19-24-20(26-12-16-7-8-17(13-26)32-16)18-11-23-28(9-10-29)21(18)25-19/h3-6,11,16-17,29H,2,7-10,12-13H2,1H3,(H,30,31). The SMILES string of the molecule is CCN(C(=O)O)c1ccc(-c2nc(N3CC4CCC(C3)O4)c3cnn(CCO)c3n2)cc1. The number of benzene rings is 1. The van der Waals surface area contributed by atoms with Gasteiger partial charge in [-0.3, -0.25) is 4.90 Å². The van der Waals surface area contributed by atoms with E-state index in [9.17, 15) is 15.0 Å². The molecule has 4 heterocycles. The fourth-order valence-electron chi connectivity index (χ4n) is 4.58. The van der Waals surface area contributed by atoms with Crippen LogP contribution in [0, 0.1) is 0 Å². The molecule has 10 nitrogen and oxygen atoms in total. The lowest BCUT2D eigenvalue weighted by Gasteiger charge is -2.33. The number of nitrogens with zero attached hydrogens (tertiary/aromatic N) is 6. The summed E-state index contributed by atoms with van der Waals surface area (Å²) in [4.78, 5) is 24.6. The Labute approximate surface area is 185 Å². The van der Waals surface area contributed by atoms with E-state index in [1.807, 2.05) is 12.1 Å². The zero-order valence-corrected chi connectivity index (χ0v) is 17.9. The van der Waals surface area contributed by atoms with Gasteiger partial charge in [-0.1, -0.05) is 0 Å². The molecule has 5 rings (SSSR count). The Morgan fingerprint density at radius 2 is 1.91 bits per heavy atom. The monoisotopic (exact) mass is 438 g/mol. The maximum atomic E-state index is 11.4. The summed E-state index contributed by atoms with van der Waals surface area (Å²) in [5.74, 6) is 1.36. The van der Waals surface area contributed by atoms with Crippen molar-refractivity contribution in [1.29, 1.82) is 0 Å². The van der Waals surface area contributed by atoms with Gasteiger partial charge in [0, 0.05) is 30.9 Å². The van der Waals surface area contributed by atoms with E-state index in [4.69, 9.17) is 14.7 Å². The van der Waals surface area contributed by atoms with Crippen molar-refractivity contribution >= 4 is 28.6 Å². The Kier molecular flexibility index (Phi) is 5.40. The number of hydrogen-bond donors (Lipinski definition) is 2. The van der Waals surface area contributed by atoms with Gasteiger partial charge >= 0.3 is 6.09 Å². The molecule has 2 aromatic heterocycles. The molecular formula is C22H26N6O4. The minimum atomic E-state index is -0.991. The minimum Gasteiger partial charge on any atom is -0.465 e. The second-order valence-corrected chi connectivity index (χ2v) is 8.14. The van der Waals surface area contributed by atoms with E-state index in [0.29, 0.717) is 30.2 Å². The average Bonchev–Trinajstić information content (AvgIpc) is 3.36. The van der Waals surface area contributed by atoms with Gasteiger partial charge in [-0.2, -0.15) is 5.10 Å². The third-order valence-corrected chi connectivity index (χ3v) is 6.12. The number of amides is 1. The number of ether oxygens (including phenoxy) is 1. The number of morpholine rings is 1. The largest absolute Gasteiger partial charge is 0.465 e. The van der Waals surface area contributed by atoms with E-state index >= 15 is 0 Å². The molecule has 2 aliphatic heterocycles. The fourth-order valence-corrected chi connectivity index (χ4v) is 4.58. The zero-order valence-electron chi connectivity index (χ0n) is 17.9. The summed E-state index contributed by atoms with van der Waals surface area (Å²) in [5, 5.41) is 24.1. The molecule has 2 fully saturated rings. The van der Waals surface area contributed by atoms with Crippen molar-refractivity contribution in [2.45, 2.75) is 38.5 Å². The first-order valence-corrected chi connectivity index (χ1v) is 10.9. The number of aliphatic hydroxyl groups is 1. The molecule has 1 amide bonds. The summed E-state index contributed by atoms with van der Waals surface area (Å²) in [6, 6.07) is 7.20. The molecule has 2 atom stereocenters. The van der Waals surface area contributed by atoms with Crippen molar-refractivity contribution < 1.29 is 19.7 Å². The van der Waals surface area contributed by atoms with Gasteiger partial charge in [0.05, 0.1) is 36.9 Å². The van der Waals surface area contributed by atoms with Crippen LogP contribution in [0.1, 0.15) is 19.8 Å². The van der Waals surface area contributed by atoms with Crippen molar-refractivity contribution in [1.82, 2.24) is 19.7 Å². The quantitative estimate of drug-likeness (QED) is 0.602. The van der Waals surface area contributed by atoms with Crippen molar-refractivity contribution in [3.05, 3.63) is 30.5 Å². The highest BCUT2D eigenvalue weighted by molar-refractivity contribution is 5.89. The Balaban J connectivity index is 1.57. The van der Waals surface area contributed by atoms with Gasteiger partial charge in [-0.25, -0.2) is 19.4 Å². The predicted molar refractivity (Wildman–Crippen MR) is 119 cm³/mol. The summed E-state index contributed by atoms with van der Waals surface area (Å²) >= 11 is 0. The van der Waals surface area contributed by atoms with Crippen LogP contribution >= 0.6 is 0 Å². The maximum absolute atomic E-state index is 11.4. The van der Waals surface area contributed by atoms with Crippen LogP contribution < -0.4 is 9.80 Å². The first-order chi connectivity index (χ1) is 15.6. The van der Waals surface area contributed by atoms with Crippen LogP contribution in [0.15, 0.2) is 30.5 Å².